The van der Waals surface area contributed by atoms with Crippen LogP contribution in [0.15, 0.2) is 70.1 Å². The van der Waals surface area contributed by atoms with Crippen LogP contribution in [0.5, 0.6) is 0 Å². The number of hydrogen-bond donors (Lipinski definition) is 0. The minimum Gasteiger partial charge on any atom is -0.192 e. The van der Waals surface area contributed by atoms with Crippen molar-refractivity contribution < 1.29 is 0 Å². The molecule has 0 bridgehead atoms. The van der Waals surface area contributed by atoms with Gasteiger partial charge in [-0.05, 0) is 29.6 Å². The van der Waals surface area contributed by atoms with Crippen LogP contribution in [0.2, 0.25) is 0 Å². The maximum atomic E-state index is 8.86. The smallest absolute Gasteiger partial charge is 0.192 e. The summed E-state index contributed by atoms with van der Waals surface area (Å²) < 4.78 is 0. The van der Waals surface area contributed by atoms with Gasteiger partial charge in [0, 0.05) is 5.57 Å². The van der Waals surface area contributed by atoms with Gasteiger partial charge in [0.1, 0.15) is 30.9 Å². The first kappa shape index (κ1) is 22.4. The van der Waals surface area contributed by atoms with Gasteiger partial charge in [-0.1, -0.05) is 64.2 Å². The molecule has 0 aliphatic heterocycles. The van der Waals surface area contributed by atoms with Crippen molar-refractivity contribution in [2.24, 2.45) is 0 Å². The predicted octanol–water partition coefficient (Wildman–Crippen LogP) is 6.21. The van der Waals surface area contributed by atoms with Crippen LogP contribution in [0.1, 0.15) is 40.5 Å². The Balaban J connectivity index is 0.00000146. The van der Waals surface area contributed by atoms with Crippen LogP contribution in [0, 0.1) is 35.8 Å². The van der Waals surface area contributed by atoms with E-state index in [-0.39, 0.29) is 11.4 Å². The molecule has 0 fully saturated rings. The summed E-state index contributed by atoms with van der Waals surface area (Å²) in [5, 5.41) is 17.7. The molecule has 0 atom stereocenters. The third kappa shape index (κ3) is 5.79. The third-order valence-electron chi connectivity index (χ3n) is 3.39. The molecule has 4 heteroatoms. The summed E-state index contributed by atoms with van der Waals surface area (Å²) >= 11 is 0. The van der Waals surface area contributed by atoms with Gasteiger partial charge in [-0.25, -0.2) is 0 Å². The van der Waals surface area contributed by atoms with Crippen molar-refractivity contribution in [3.8, 4) is 12.1 Å². The number of nitrogens with zero attached hydrogens (tertiary/aromatic N) is 4. The molecule has 0 aromatic carbocycles. The van der Waals surface area contributed by atoms with Gasteiger partial charge in [0.2, 0.25) is 0 Å². The molecule has 0 unspecified atom stereocenters. The highest BCUT2D eigenvalue weighted by atomic mass is 14.9. The normalized spacial score (nSPS) is 13.7. The second kappa shape index (κ2) is 12.8. The van der Waals surface area contributed by atoms with Crippen molar-refractivity contribution in [3.05, 3.63) is 93.0 Å². The molecule has 0 N–H and O–H groups in total. The SMILES string of the molecule is CC.CC.[C-]#[N+]C([N+]#[C-])=C1C=CC(C2=CCC(=C(C#N)C#N)C=C2)=CC1. The van der Waals surface area contributed by atoms with E-state index >= 15 is 0 Å². The molecular formula is C22H22N4. The van der Waals surface area contributed by atoms with E-state index in [1.165, 1.54) is 0 Å². The monoisotopic (exact) mass is 342 g/mol. The van der Waals surface area contributed by atoms with Crippen molar-refractivity contribution in [3.63, 3.8) is 0 Å². The molecule has 0 spiro atoms. The lowest BCUT2D eigenvalue weighted by Gasteiger charge is -2.13. The molecule has 0 saturated heterocycles. The molecule has 26 heavy (non-hydrogen) atoms. The van der Waals surface area contributed by atoms with Gasteiger partial charge in [-0.15, -0.1) is 0 Å². The van der Waals surface area contributed by atoms with Crippen LogP contribution in [0.3, 0.4) is 0 Å². The van der Waals surface area contributed by atoms with Crippen LogP contribution in [0.4, 0.5) is 0 Å². The van der Waals surface area contributed by atoms with E-state index in [1.54, 1.807) is 12.2 Å². The van der Waals surface area contributed by atoms with Crippen molar-refractivity contribution >= 4 is 0 Å². The van der Waals surface area contributed by atoms with Gasteiger partial charge in [0.05, 0.1) is 0 Å². The zero-order chi connectivity index (χ0) is 19.9. The van der Waals surface area contributed by atoms with Gasteiger partial charge in [0.15, 0.2) is 0 Å². The van der Waals surface area contributed by atoms with E-state index in [0.717, 1.165) is 22.3 Å². The predicted molar refractivity (Wildman–Crippen MR) is 105 cm³/mol. The largest absolute Gasteiger partial charge is 0.522 e. The third-order valence-corrected chi connectivity index (χ3v) is 3.39. The average Bonchev–Trinajstić information content (AvgIpc) is 2.74. The second-order valence-corrected chi connectivity index (χ2v) is 4.59. The maximum absolute atomic E-state index is 8.86. The van der Waals surface area contributed by atoms with Crippen LogP contribution < -0.4 is 0 Å². The maximum Gasteiger partial charge on any atom is 0.522 e. The molecule has 130 valence electrons. The highest BCUT2D eigenvalue weighted by molar-refractivity contribution is 5.57. The topological polar surface area (TPSA) is 56.3 Å². The first-order valence-corrected chi connectivity index (χ1v) is 8.51. The van der Waals surface area contributed by atoms with Crippen molar-refractivity contribution in [2.45, 2.75) is 40.5 Å². The fourth-order valence-corrected chi connectivity index (χ4v) is 2.21. The second-order valence-electron chi connectivity index (χ2n) is 4.59. The van der Waals surface area contributed by atoms with Crippen molar-refractivity contribution in [1.82, 2.24) is 0 Å². The molecule has 2 aliphatic rings. The van der Waals surface area contributed by atoms with Gasteiger partial charge in [-0.3, -0.25) is 0 Å². The summed E-state index contributed by atoms with van der Waals surface area (Å²) in [7, 11) is 0. The molecule has 0 aromatic rings. The number of rotatable bonds is 1. The van der Waals surface area contributed by atoms with E-state index in [9.17, 15) is 0 Å². The Morgan fingerprint density at radius 1 is 0.808 bits per heavy atom. The average molecular weight is 342 g/mol. The summed E-state index contributed by atoms with van der Waals surface area (Å²) in [6.45, 7) is 21.9. The highest BCUT2D eigenvalue weighted by Gasteiger charge is 2.15. The lowest BCUT2D eigenvalue weighted by molar-refractivity contribution is 1.17. The summed E-state index contributed by atoms with van der Waals surface area (Å²) in [5.74, 6) is 0.109. The molecule has 0 heterocycles. The Morgan fingerprint density at radius 2 is 1.23 bits per heavy atom. The fraction of sp³-hybridized carbons (Fsp3) is 0.273. The Hall–Kier alpha value is -3.60. The number of allylic oxidation sites excluding steroid dienone is 11. The minimum absolute atomic E-state index is 0.109. The van der Waals surface area contributed by atoms with Gasteiger partial charge in [0.25, 0.3) is 0 Å². The van der Waals surface area contributed by atoms with E-state index in [0.29, 0.717) is 12.8 Å². The molecule has 0 aromatic heterocycles. The lowest BCUT2D eigenvalue weighted by atomic mass is 9.91. The summed E-state index contributed by atoms with van der Waals surface area (Å²) in [6, 6.07) is 3.79. The summed E-state index contributed by atoms with van der Waals surface area (Å²) in [5.41, 5.74) is 3.62. The number of hydrogen-bond acceptors (Lipinski definition) is 2. The summed E-state index contributed by atoms with van der Waals surface area (Å²) in [4.78, 5) is 6.43. The Morgan fingerprint density at radius 3 is 1.54 bits per heavy atom. The molecule has 4 nitrogen and oxygen atoms in total. The Bertz CT molecular complexity index is 755. The zero-order valence-electron chi connectivity index (χ0n) is 15.7. The summed E-state index contributed by atoms with van der Waals surface area (Å²) in [6.07, 6.45) is 12.4. The van der Waals surface area contributed by atoms with Crippen LogP contribution >= 0.6 is 0 Å². The van der Waals surface area contributed by atoms with Gasteiger partial charge < -0.3 is 0 Å². The first-order valence-electron chi connectivity index (χ1n) is 8.51. The molecular weight excluding hydrogens is 320 g/mol. The number of nitriles is 2. The molecule has 0 radical (unpaired) electrons. The fourth-order valence-electron chi connectivity index (χ4n) is 2.21. The quantitative estimate of drug-likeness (QED) is 0.420. The van der Waals surface area contributed by atoms with E-state index in [2.05, 4.69) is 9.69 Å². The Labute approximate surface area is 156 Å². The molecule has 0 saturated carbocycles. The minimum atomic E-state index is 0.109. The van der Waals surface area contributed by atoms with Gasteiger partial charge in [-0.2, -0.15) is 20.2 Å². The van der Waals surface area contributed by atoms with Crippen LogP contribution in [0.25, 0.3) is 9.69 Å². The first-order chi connectivity index (χ1) is 12.7. The van der Waals surface area contributed by atoms with E-state index in [4.69, 9.17) is 23.7 Å². The van der Waals surface area contributed by atoms with E-state index in [1.807, 2.05) is 64.1 Å². The van der Waals surface area contributed by atoms with Crippen molar-refractivity contribution in [1.29, 1.82) is 10.5 Å². The van der Waals surface area contributed by atoms with Crippen LogP contribution in [-0.4, -0.2) is 0 Å². The highest BCUT2D eigenvalue weighted by Crippen LogP contribution is 2.28. The zero-order valence-corrected chi connectivity index (χ0v) is 15.7. The standard InChI is InChI=1S/C18H10N4.2C2H6/c1-21-18(22-2)16-9-7-14(8-10-16)13-3-5-15(6-4-13)17(11-19)12-20;2*1-2/h3-5,7-9H,6,10H2;2*1-2H3. The van der Waals surface area contributed by atoms with E-state index < -0.39 is 0 Å². The van der Waals surface area contributed by atoms with Gasteiger partial charge >= 0.3 is 5.82 Å². The van der Waals surface area contributed by atoms with Crippen molar-refractivity contribution in [2.75, 3.05) is 0 Å². The molecule has 0 amide bonds. The molecule has 2 rings (SSSR count). The van der Waals surface area contributed by atoms with Crippen LogP contribution in [-0.2, 0) is 0 Å². The Kier molecular flexibility index (Phi) is 11.0. The lowest BCUT2D eigenvalue weighted by Crippen LogP contribution is -1.96. The molecule has 2 aliphatic carbocycles.